The zero-order valence-electron chi connectivity index (χ0n) is 8.97. The lowest BCUT2D eigenvalue weighted by Gasteiger charge is -2.03. The molecule has 0 nitrogen and oxygen atoms in total. The van der Waals surface area contributed by atoms with Gasteiger partial charge in [0.2, 0.25) is 0 Å². The van der Waals surface area contributed by atoms with Crippen molar-refractivity contribution in [1.82, 2.24) is 0 Å². The third kappa shape index (κ3) is 2.87. The van der Waals surface area contributed by atoms with Crippen molar-refractivity contribution in [3.05, 3.63) is 35.4 Å². The van der Waals surface area contributed by atoms with Crippen molar-refractivity contribution in [2.24, 2.45) is 0 Å². The highest BCUT2D eigenvalue weighted by molar-refractivity contribution is 5.23. The molecule has 76 valence electrons. The summed E-state index contributed by atoms with van der Waals surface area (Å²) in [5.74, 6) is 0. The van der Waals surface area contributed by atoms with Gasteiger partial charge in [0, 0.05) is 0 Å². The van der Waals surface area contributed by atoms with Gasteiger partial charge >= 0.3 is 0 Å². The maximum atomic E-state index is 2.41. The number of fused-ring (bicyclic) bond motifs is 2. The van der Waals surface area contributed by atoms with E-state index in [2.05, 4.69) is 24.3 Å². The van der Waals surface area contributed by atoms with Crippen LogP contribution in [-0.4, -0.2) is 0 Å². The second kappa shape index (κ2) is 5.19. The van der Waals surface area contributed by atoms with Crippen LogP contribution in [-0.2, 0) is 12.8 Å². The molecule has 1 aliphatic rings. The van der Waals surface area contributed by atoms with Gasteiger partial charge in [-0.15, -0.1) is 0 Å². The van der Waals surface area contributed by atoms with Crippen molar-refractivity contribution < 1.29 is 0 Å². The van der Waals surface area contributed by atoms with Crippen molar-refractivity contribution in [2.75, 3.05) is 0 Å². The molecule has 0 amide bonds. The Morgan fingerprint density at radius 3 is 1.71 bits per heavy atom. The minimum Gasteiger partial charge on any atom is -0.0617 e. The lowest BCUT2D eigenvalue weighted by atomic mass is 10.0. The van der Waals surface area contributed by atoms with Gasteiger partial charge in [-0.3, -0.25) is 0 Å². The van der Waals surface area contributed by atoms with Crippen LogP contribution in [0.2, 0.25) is 0 Å². The average Bonchev–Trinajstić information content (AvgIpc) is 2.25. The molecule has 1 aromatic rings. The molecule has 0 spiro atoms. The molecule has 0 radical (unpaired) electrons. The topological polar surface area (TPSA) is 0 Å². The second-order valence-corrected chi connectivity index (χ2v) is 4.44. The van der Waals surface area contributed by atoms with Gasteiger partial charge in [0.25, 0.3) is 0 Å². The van der Waals surface area contributed by atoms with E-state index in [1.165, 1.54) is 51.4 Å². The van der Waals surface area contributed by atoms with E-state index in [0.717, 1.165) is 0 Å². The fraction of sp³-hybridized carbons (Fsp3) is 0.571. The van der Waals surface area contributed by atoms with Crippen molar-refractivity contribution in [3.8, 4) is 0 Å². The van der Waals surface area contributed by atoms with Gasteiger partial charge in [0.05, 0.1) is 0 Å². The Balaban J connectivity index is 2.06. The first-order chi connectivity index (χ1) is 6.95. The van der Waals surface area contributed by atoms with Crippen LogP contribution in [0.5, 0.6) is 0 Å². The molecule has 0 aliphatic heterocycles. The Kier molecular flexibility index (Phi) is 3.62. The fourth-order valence-electron chi connectivity index (χ4n) is 2.31. The molecule has 0 heteroatoms. The molecule has 14 heavy (non-hydrogen) atoms. The van der Waals surface area contributed by atoms with Crippen LogP contribution >= 0.6 is 0 Å². The summed E-state index contributed by atoms with van der Waals surface area (Å²) in [5, 5.41) is 0. The predicted octanol–water partition coefficient (Wildman–Crippen LogP) is 4.13. The summed E-state index contributed by atoms with van der Waals surface area (Å²) in [6.45, 7) is 0. The third-order valence-electron chi connectivity index (χ3n) is 3.17. The van der Waals surface area contributed by atoms with Gasteiger partial charge < -0.3 is 0 Å². The number of hydrogen-bond donors (Lipinski definition) is 0. The molecule has 0 atom stereocenters. The zero-order chi connectivity index (χ0) is 9.64. The van der Waals surface area contributed by atoms with Crippen LogP contribution in [0.25, 0.3) is 0 Å². The lowest BCUT2D eigenvalue weighted by molar-refractivity contribution is 0.598. The van der Waals surface area contributed by atoms with Gasteiger partial charge in [0.1, 0.15) is 0 Å². The van der Waals surface area contributed by atoms with Gasteiger partial charge in [0.15, 0.2) is 0 Å². The Morgan fingerprint density at radius 2 is 1.14 bits per heavy atom. The van der Waals surface area contributed by atoms with E-state index in [9.17, 15) is 0 Å². The number of rotatable bonds is 0. The lowest BCUT2D eigenvalue weighted by Crippen LogP contribution is -1.88. The minimum absolute atomic E-state index is 1.29. The Morgan fingerprint density at radius 1 is 0.643 bits per heavy atom. The molecule has 0 N–H and O–H groups in total. The average molecular weight is 188 g/mol. The first-order valence-corrected chi connectivity index (χ1v) is 6.03. The Hall–Kier alpha value is -0.780. The maximum absolute atomic E-state index is 2.41. The van der Waals surface area contributed by atoms with Crippen molar-refractivity contribution in [2.45, 2.75) is 51.4 Å². The van der Waals surface area contributed by atoms with Crippen LogP contribution in [0, 0.1) is 0 Å². The van der Waals surface area contributed by atoms with E-state index in [1.807, 2.05) is 0 Å². The van der Waals surface area contributed by atoms with Crippen LogP contribution in [0.1, 0.15) is 49.7 Å². The monoisotopic (exact) mass is 188 g/mol. The van der Waals surface area contributed by atoms with Crippen molar-refractivity contribution in [1.29, 1.82) is 0 Å². The van der Waals surface area contributed by atoms with E-state index in [0.29, 0.717) is 0 Å². The normalized spacial score (nSPS) is 18.6. The number of benzene rings is 1. The maximum Gasteiger partial charge on any atom is -0.0279 e. The highest BCUT2D eigenvalue weighted by Gasteiger charge is 2.00. The van der Waals surface area contributed by atoms with E-state index in [1.54, 1.807) is 11.1 Å². The third-order valence-corrected chi connectivity index (χ3v) is 3.17. The van der Waals surface area contributed by atoms with E-state index >= 15 is 0 Å². The summed E-state index contributed by atoms with van der Waals surface area (Å²) >= 11 is 0. The summed E-state index contributed by atoms with van der Waals surface area (Å²) in [6.07, 6.45) is 11.1. The second-order valence-electron chi connectivity index (χ2n) is 4.44. The molecular formula is C14H20. The smallest absolute Gasteiger partial charge is 0.0279 e. The highest BCUT2D eigenvalue weighted by atomic mass is 14.1. The van der Waals surface area contributed by atoms with Gasteiger partial charge in [-0.2, -0.15) is 0 Å². The summed E-state index contributed by atoms with van der Waals surface area (Å²) < 4.78 is 0. The molecule has 2 rings (SSSR count). The minimum atomic E-state index is 1.29. The summed E-state index contributed by atoms with van der Waals surface area (Å²) in [4.78, 5) is 0. The van der Waals surface area contributed by atoms with Crippen LogP contribution in [0.3, 0.4) is 0 Å². The van der Waals surface area contributed by atoms with Crippen LogP contribution < -0.4 is 0 Å². The standard InChI is InChI=1S/C14H20/c1-2-4-6-9-14-11-7-10-13(12-14)8-5-3-1/h7,10-12H,1-6,8-9H2. The molecule has 0 saturated carbocycles. The highest BCUT2D eigenvalue weighted by Crippen LogP contribution is 2.16. The number of hydrogen-bond acceptors (Lipinski definition) is 0. The first kappa shape index (κ1) is 9.76. The van der Waals surface area contributed by atoms with Gasteiger partial charge in [-0.05, 0) is 36.8 Å². The van der Waals surface area contributed by atoms with Gasteiger partial charge in [-0.25, -0.2) is 0 Å². The van der Waals surface area contributed by atoms with E-state index in [-0.39, 0.29) is 0 Å². The molecule has 1 aliphatic carbocycles. The van der Waals surface area contributed by atoms with Crippen LogP contribution in [0.15, 0.2) is 24.3 Å². The molecule has 0 fully saturated rings. The van der Waals surface area contributed by atoms with E-state index < -0.39 is 0 Å². The number of aryl methyl sites for hydroxylation is 2. The van der Waals surface area contributed by atoms with Crippen LogP contribution in [0.4, 0.5) is 0 Å². The molecule has 2 bridgehead atoms. The van der Waals surface area contributed by atoms with Crippen molar-refractivity contribution >= 4 is 0 Å². The Bertz CT molecular complexity index is 250. The first-order valence-electron chi connectivity index (χ1n) is 6.03. The van der Waals surface area contributed by atoms with E-state index in [4.69, 9.17) is 0 Å². The summed E-state index contributed by atoms with van der Waals surface area (Å²) in [5.41, 5.74) is 3.09. The quantitative estimate of drug-likeness (QED) is 0.574. The molecule has 0 heterocycles. The predicted molar refractivity (Wildman–Crippen MR) is 61.6 cm³/mol. The molecular weight excluding hydrogens is 168 g/mol. The zero-order valence-corrected chi connectivity index (χ0v) is 8.97. The SMILES string of the molecule is c1cc2cc(c1)CCCCCCCC2. The van der Waals surface area contributed by atoms with Gasteiger partial charge in [-0.1, -0.05) is 49.9 Å². The summed E-state index contributed by atoms with van der Waals surface area (Å²) in [6, 6.07) is 9.19. The largest absolute Gasteiger partial charge is 0.0617 e. The molecule has 1 aromatic carbocycles. The van der Waals surface area contributed by atoms with Crippen molar-refractivity contribution in [3.63, 3.8) is 0 Å². The molecule has 0 aromatic heterocycles. The molecule has 0 unspecified atom stereocenters. The summed E-state index contributed by atoms with van der Waals surface area (Å²) in [7, 11) is 0. The molecule has 0 saturated heterocycles. The Labute approximate surface area is 87.3 Å². The fourth-order valence-corrected chi connectivity index (χ4v) is 2.31.